The summed E-state index contributed by atoms with van der Waals surface area (Å²) in [5.74, 6) is -5.23. The third-order valence-electron chi connectivity index (χ3n) is 4.08. The van der Waals surface area contributed by atoms with Gasteiger partial charge in [-0.25, -0.2) is 0 Å². The molecule has 228 valence electrons. The molecule has 0 aliphatic carbocycles. The molecule has 0 bridgehead atoms. The Morgan fingerprint density at radius 3 is 2.10 bits per heavy atom. The van der Waals surface area contributed by atoms with Gasteiger partial charge in [0.15, 0.2) is 11.3 Å². The first-order chi connectivity index (χ1) is 23.6. The number of hydrogen-bond acceptors (Lipinski definition) is 10. The highest BCUT2D eigenvalue weighted by Crippen LogP contribution is 2.29. The second kappa shape index (κ2) is 13.0. The van der Waals surface area contributed by atoms with Crippen molar-refractivity contribution in [3.63, 3.8) is 0 Å². The van der Waals surface area contributed by atoms with E-state index >= 15 is 0 Å². The summed E-state index contributed by atoms with van der Waals surface area (Å²) in [4.78, 5) is 6.87. The molecule has 0 aromatic carbocycles. The van der Waals surface area contributed by atoms with Crippen LogP contribution in [-0.4, -0.2) is 73.6 Å². The van der Waals surface area contributed by atoms with Gasteiger partial charge in [0, 0.05) is 47.1 Å². The predicted octanol–water partition coefficient (Wildman–Crippen LogP) is 2.68. The Kier molecular flexibility index (Phi) is 6.32. The van der Waals surface area contributed by atoms with Crippen molar-refractivity contribution in [1.82, 2.24) is 59.2 Å². The Bertz CT molecular complexity index is 2000. The number of halogens is 9. The number of nitrogens with one attached hydrogen (secondary N) is 1. The fraction of sp³-hybridized carbons (Fsp3) is 0.400. The molecule has 6 rings (SSSR count). The van der Waals surface area contributed by atoms with E-state index in [-0.39, 0.29) is 14.6 Å². The molecule has 0 amide bonds. The molecule has 13 nitrogen and oxygen atoms in total. The van der Waals surface area contributed by atoms with Crippen LogP contribution in [0.2, 0.25) is 0 Å². The number of aromatic nitrogens is 11. The molecule has 5 aromatic rings. The average molecular weight is 624 g/mol. The third kappa shape index (κ3) is 7.84. The highest BCUT2D eigenvalue weighted by molar-refractivity contribution is 5.34. The predicted molar refractivity (Wildman–Crippen MR) is 121 cm³/mol. The molecule has 0 radical (unpaired) electrons. The molecule has 6 heterocycles. The van der Waals surface area contributed by atoms with Gasteiger partial charge in [-0.3, -0.25) is 18.8 Å². The third-order valence-corrected chi connectivity index (χ3v) is 4.08. The van der Waals surface area contributed by atoms with Crippen molar-refractivity contribution < 1.29 is 57.0 Å². The van der Waals surface area contributed by atoms with E-state index in [0.29, 0.717) is 6.61 Å². The van der Waals surface area contributed by atoms with Crippen LogP contribution in [0.5, 0.6) is 0 Å². The van der Waals surface area contributed by atoms with Gasteiger partial charge >= 0.3 is 18.5 Å². The van der Waals surface area contributed by atoms with Crippen LogP contribution in [0, 0.1) is 0 Å². The maximum atomic E-state index is 12.7. The molecule has 0 unspecified atom stereocenters. The molecule has 22 heteroatoms. The van der Waals surface area contributed by atoms with E-state index in [1.54, 1.807) is 12.2 Å². The maximum absolute atomic E-state index is 12.7. The lowest BCUT2D eigenvalue weighted by molar-refractivity contribution is -0.148. The normalized spacial score (nSPS) is 20.3. The van der Waals surface area contributed by atoms with Crippen molar-refractivity contribution in [2.45, 2.75) is 38.4 Å². The summed E-state index contributed by atoms with van der Waals surface area (Å²) >= 11 is 0. The van der Waals surface area contributed by atoms with Gasteiger partial charge in [0.2, 0.25) is 18.9 Å². The van der Waals surface area contributed by atoms with Crippen LogP contribution in [-0.2, 0) is 31.5 Å². The molecule has 0 atom stereocenters. The minimum absolute atomic E-state index is 0.0785. The van der Waals surface area contributed by atoms with E-state index in [2.05, 4.69) is 45.7 Å². The number of aliphatic hydroxyl groups excluding tert-OH is 1. The van der Waals surface area contributed by atoms with Gasteiger partial charge in [0.1, 0.15) is 5.82 Å². The van der Waals surface area contributed by atoms with Crippen molar-refractivity contribution in [3.8, 4) is 0 Å². The first kappa shape index (κ1) is 20.4. The summed E-state index contributed by atoms with van der Waals surface area (Å²) in [6, 6.07) is 0. The molecule has 2 N–H and O–H groups in total. The molecule has 42 heavy (non-hydrogen) atoms. The van der Waals surface area contributed by atoms with E-state index in [1.807, 2.05) is 0 Å². The van der Waals surface area contributed by atoms with Crippen molar-refractivity contribution in [1.29, 1.82) is 1.43 Å². The first-order valence-corrected chi connectivity index (χ1v) is 10.5. The quantitative estimate of drug-likeness (QED) is 0.267. The molecule has 1 aliphatic heterocycles. The summed E-state index contributed by atoms with van der Waals surface area (Å²) < 4.78 is 185. The summed E-state index contributed by atoms with van der Waals surface area (Å²) in [6.45, 7) is -6.81. The Hall–Kier alpha value is -4.47. The van der Waals surface area contributed by atoms with Crippen molar-refractivity contribution in [2.75, 3.05) is 13.1 Å². The average Bonchev–Trinajstić information content (AvgIpc) is 3.76. The molecule has 0 spiro atoms. The fourth-order valence-electron chi connectivity index (χ4n) is 2.57. The topological polar surface area (TPSA) is 149 Å². The monoisotopic (exact) mass is 624 g/mol. The van der Waals surface area contributed by atoms with Crippen LogP contribution in [0.15, 0.2) is 37.1 Å². The summed E-state index contributed by atoms with van der Waals surface area (Å²) in [5.41, 5.74) is -0.414. The van der Waals surface area contributed by atoms with Crippen molar-refractivity contribution in [3.05, 3.63) is 60.4 Å². The summed E-state index contributed by atoms with van der Waals surface area (Å²) in [6.07, 6.45) is -12.9. The largest absolute Gasteiger partial charge is 0.452 e. The minimum Gasteiger partial charge on any atom is -0.397 e. The number of rotatable bonds is 1. The van der Waals surface area contributed by atoms with Gasteiger partial charge in [-0.2, -0.15) is 39.5 Å². The molecular formula is C20H19F9N12O. The van der Waals surface area contributed by atoms with Crippen LogP contribution in [0.1, 0.15) is 42.6 Å². The number of alkyl halides is 9. The smallest absolute Gasteiger partial charge is 0.397 e. The second-order valence-corrected chi connectivity index (χ2v) is 6.91. The van der Waals surface area contributed by atoms with E-state index in [1.165, 1.54) is 12.4 Å². The molecule has 0 fully saturated rings. The molecule has 5 aromatic heterocycles. The SMILES string of the molecule is FC(F)(F)c1nnc2cnccn12.[2H]C1([2H])NC([2H])([2H])C([2H])([2H])n2c(C(F)(F)F)nnc21.[2H]OCC.[2H]c1nc([2H])c2nnc(C(F)(F)F)n2c1[2H]. The standard InChI is InChI=1S/C6H7F3N4.2C6H3F3N4.C2H6O/c3*7-6(8,9)5-12-11-4-3-10-1-2-13(4)5;1-2-3/h10H,1-3H2;2*1-3H;3H,2H2,1H3/i1D2,2D2,3D2;1D,2D,3D;;3D. The molecule has 0 saturated carbocycles. The van der Waals surface area contributed by atoms with Gasteiger partial charge < -0.3 is 15.0 Å². The Morgan fingerprint density at radius 2 is 1.48 bits per heavy atom. The van der Waals surface area contributed by atoms with Gasteiger partial charge in [-0.05, 0) is 6.92 Å². The number of nitrogens with zero attached hydrogens (tertiary/aromatic N) is 11. The molecule has 1 aliphatic rings. The van der Waals surface area contributed by atoms with E-state index in [0.717, 1.165) is 10.6 Å². The van der Waals surface area contributed by atoms with Gasteiger partial charge in [-0.1, -0.05) is 0 Å². The number of aliphatic hydroxyl groups is 1. The first-order valence-electron chi connectivity index (χ1n) is 15.4. The van der Waals surface area contributed by atoms with Crippen LogP contribution < -0.4 is 5.32 Å². The lowest BCUT2D eigenvalue weighted by Gasteiger charge is -2.16. The van der Waals surface area contributed by atoms with Crippen molar-refractivity contribution >= 4 is 11.3 Å². The zero-order valence-corrected chi connectivity index (χ0v) is 20.2. The highest BCUT2D eigenvalue weighted by Gasteiger charge is 2.39. The maximum Gasteiger partial charge on any atom is 0.452 e. The molecule has 0 saturated heterocycles. The van der Waals surface area contributed by atoms with Crippen LogP contribution >= 0.6 is 0 Å². The molecular weight excluding hydrogens is 595 g/mol. The second-order valence-electron chi connectivity index (χ2n) is 6.91. The fourth-order valence-corrected chi connectivity index (χ4v) is 2.57. The van der Waals surface area contributed by atoms with E-state index < -0.39 is 85.5 Å². The Morgan fingerprint density at radius 1 is 0.881 bits per heavy atom. The number of hydrogen-bond donors (Lipinski definition) is 2. The van der Waals surface area contributed by atoms with Crippen molar-refractivity contribution in [2.24, 2.45) is 0 Å². The summed E-state index contributed by atoms with van der Waals surface area (Å²) in [5, 5.41) is 23.5. The Balaban J connectivity index is 0.000000202. The van der Waals surface area contributed by atoms with E-state index in [9.17, 15) is 39.5 Å². The Labute approximate surface area is 242 Å². The van der Waals surface area contributed by atoms with E-state index in [4.69, 9.17) is 13.8 Å². The zero-order chi connectivity index (χ0) is 39.8. The lowest BCUT2D eigenvalue weighted by Crippen LogP contribution is -2.30. The highest BCUT2D eigenvalue weighted by atomic mass is 19.4. The van der Waals surface area contributed by atoms with Gasteiger partial charge in [0.25, 0.3) is 0 Å². The van der Waals surface area contributed by atoms with Crippen LogP contribution in [0.3, 0.4) is 0 Å². The lowest BCUT2D eigenvalue weighted by atomic mass is 10.4. The zero-order valence-electron chi connectivity index (χ0n) is 30.2. The van der Waals surface area contributed by atoms with Gasteiger partial charge in [0.05, 0.1) is 28.5 Å². The van der Waals surface area contributed by atoms with Crippen LogP contribution in [0.25, 0.3) is 11.3 Å². The number of fused-ring (bicyclic) bond motifs is 3. The van der Waals surface area contributed by atoms with Crippen LogP contribution in [0.4, 0.5) is 39.5 Å². The van der Waals surface area contributed by atoms with Gasteiger partial charge in [-0.15, -0.1) is 30.6 Å². The minimum atomic E-state index is -5.08. The summed E-state index contributed by atoms with van der Waals surface area (Å²) in [7, 11) is 0.